The van der Waals surface area contributed by atoms with E-state index in [1.807, 2.05) is 20.8 Å². The van der Waals surface area contributed by atoms with E-state index in [-0.39, 0.29) is 11.6 Å². The molecular formula is C9H20N2O2. The highest BCUT2D eigenvalue weighted by Crippen LogP contribution is 2.14. The summed E-state index contributed by atoms with van der Waals surface area (Å²) in [7, 11) is 1.39. The van der Waals surface area contributed by atoms with Gasteiger partial charge in [0, 0.05) is 13.1 Å². The van der Waals surface area contributed by atoms with Gasteiger partial charge in [-0.1, -0.05) is 6.92 Å². The van der Waals surface area contributed by atoms with Gasteiger partial charge in [-0.25, -0.2) is 4.79 Å². The Labute approximate surface area is 80.0 Å². The summed E-state index contributed by atoms with van der Waals surface area (Å²) in [6.07, 6.45) is 0.593. The molecule has 0 saturated carbocycles. The minimum Gasteiger partial charge on any atom is -0.453 e. The molecule has 0 spiro atoms. The second-order valence-corrected chi connectivity index (χ2v) is 3.64. The molecule has 0 unspecified atom stereocenters. The number of methoxy groups -OCH3 is 1. The lowest BCUT2D eigenvalue weighted by Gasteiger charge is -2.36. The van der Waals surface area contributed by atoms with Crippen molar-refractivity contribution in [1.29, 1.82) is 0 Å². The van der Waals surface area contributed by atoms with Crippen molar-refractivity contribution >= 4 is 6.09 Å². The zero-order chi connectivity index (χ0) is 10.5. The topological polar surface area (TPSA) is 55.6 Å². The van der Waals surface area contributed by atoms with Crippen molar-refractivity contribution in [2.75, 3.05) is 20.2 Å². The van der Waals surface area contributed by atoms with Crippen molar-refractivity contribution in [1.82, 2.24) is 4.90 Å². The monoisotopic (exact) mass is 188 g/mol. The van der Waals surface area contributed by atoms with Gasteiger partial charge in [-0.15, -0.1) is 0 Å². The van der Waals surface area contributed by atoms with Gasteiger partial charge in [0.15, 0.2) is 0 Å². The molecule has 0 heterocycles. The summed E-state index contributed by atoms with van der Waals surface area (Å²) < 4.78 is 4.68. The second kappa shape index (κ2) is 5.07. The average Bonchev–Trinajstić information content (AvgIpc) is 2.12. The van der Waals surface area contributed by atoms with Crippen molar-refractivity contribution in [3.63, 3.8) is 0 Å². The van der Waals surface area contributed by atoms with E-state index >= 15 is 0 Å². The van der Waals surface area contributed by atoms with Crippen LogP contribution >= 0.6 is 0 Å². The van der Waals surface area contributed by atoms with Gasteiger partial charge in [-0.3, -0.25) is 0 Å². The number of nitrogens with two attached hydrogens (primary N) is 1. The number of carbonyl (C=O) groups excluding carboxylic acids is 1. The molecule has 0 bridgehead atoms. The van der Waals surface area contributed by atoms with E-state index in [0.717, 1.165) is 6.42 Å². The average molecular weight is 188 g/mol. The minimum absolute atomic E-state index is 0.308. The van der Waals surface area contributed by atoms with Gasteiger partial charge in [0.25, 0.3) is 0 Å². The Hall–Kier alpha value is -0.770. The fourth-order valence-corrected chi connectivity index (χ4v) is 1.09. The smallest absolute Gasteiger partial charge is 0.409 e. The maximum absolute atomic E-state index is 11.4. The number of ether oxygens (including phenoxy) is 1. The van der Waals surface area contributed by atoms with Crippen LogP contribution in [0.2, 0.25) is 0 Å². The zero-order valence-electron chi connectivity index (χ0n) is 8.96. The van der Waals surface area contributed by atoms with Gasteiger partial charge in [0.1, 0.15) is 0 Å². The van der Waals surface area contributed by atoms with E-state index in [2.05, 4.69) is 4.74 Å². The Morgan fingerprint density at radius 1 is 1.54 bits per heavy atom. The molecule has 0 aromatic rings. The Kier molecular flexibility index (Phi) is 4.77. The largest absolute Gasteiger partial charge is 0.453 e. The SMILES string of the molecule is CCCN(C(=O)OC)C(C)(C)CN. The van der Waals surface area contributed by atoms with E-state index in [4.69, 9.17) is 5.73 Å². The van der Waals surface area contributed by atoms with Crippen LogP contribution in [0.3, 0.4) is 0 Å². The summed E-state index contributed by atoms with van der Waals surface area (Å²) in [6, 6.07) is 0. The third kappa shape index (κ3) is 3.22. The predicted octanol–water partition coefficient (Wildman–Crippen LogP) is 1.20. The summed E-state index contributed by atoms with van der Waals surface area (Å²) in [5, 5.41) is 0. The number of hydrogen-bond donors (Lipinski definition) is 1. The van der Waals surface area contributed by atoms with Crippen LogP contribution in [0, 0.1) is 0 Å². The Balaban J connectivity index is 4.49. The quantitative estimate of drug-likeness (QED) is 0.721. The van der Waals surface area contributed by atoms with Gasteiger partial charge in [-0.2, -0.15) is 0 Å². The van der Waals surface area contributed by atoms with Gasteiger partial charge < -0.3 is 15.4 Å². The molecule has 0 aliphatic rings. The Morgan fingerprint density at radius 3 is 2.38 bits per heavy atom. The van der Waals surface area contributed by atoms with Crippen molar-refractivity contribution in [3.8, 4) is 0 Å². The van der Waals surface area contributed by atoms with Crippen molar-refractivity contribution in [2.24, 2.45) is 5.73 Å². The summed E-state index contributed by atoms with van der Waals surface area (Å²) in [4.78, 5) is 13.0. The molecule has 0 aromatic carbocycles. The molecule has 1 amide bonds. The van der Waals surface area contributed by atoms with E-state index in [1.54, 1.807) is 4.90 Å². The molecule has 4 nitrogen and oxygen atoms in total. The molecule has 0 rings (SSSR count). The molecule has 0 saturated heterocycles. The van der Waals surface area contributed by atoms with Crippen LogP contribution in [-0.2, 0) is 4.74 Å². The molecule has 0 radical (unpaired) electrons. The maximum Gasteiger partial charge on any atom is 0.409 e. The zero-order valence-corrected chi connectivity index (χ0v) is 8.96. The molecule has 78 valence electrons. The van der Waals surface area contributed by atoms with Crippen LogP contribution in [0.1, 0.15) is 27.2 Å². The fourth-order valence-electron chi connectivity index (χ4n) is 1.09. The molecule has 0 atom stereocenters. The van der Waals surface area contributed by atoms with Crippen molar-refractivity contribution in [3.05, 3.63) is 0 Å². The van der Waals surface area contributed by atoms with Crippen LogP contribution in [0.15, 0.2) is 0 Å². The Morgan fingerprint density at radius 2 is 2.08 bits per heavy atom. The lowest BCUT2D eigenvalue weighted by atomic mass is 10.0. The summed E-state index contributed by atoms with van der Waals surface area (Å²) in [5.74, 6) is 0. The number of carbonyl (C=O) groups is 1. The number of hydrogen-bond acceptors (Lipinski definition) is 3. The molecule has 13 heavy (non-hydrogen) atoms. The molecular weight excluding hydrogens is 168 g/mol. The minimum atomic E-state index is -0.330. The number of amides is 1. The molecule has 0 aliphatic heterocycles. The standard InChI is InChI=1S/C9H20N2O2/c1-5-6-11(8(12)13-4)9(2,3)7-10/h5-7,10H2,1-4H3. The van der Waals surface area contributed by atoms with Crippen molar-refractivity contribution < 1.29 is 9.53 Å². The third-order valence-corrected chi connectivity index (χ3v) is 2.07. The first-order valence-corrected chi connectivity index (χ1v) is 4.55. The van der Waals surface area contributed by atoms with Crippen LogP contribution < -0.4 is 5.73 Å². The first-order valence-electron chi connectivity index (χ1n) is 4.55. The first-order chi connectivity index (χ1) is 5.99. The maximum atomic E-state index is 11.4. The normalized spacial score (nSPS) is 11.2. The van der Waals surface area contributed by atoms with Crippen LogP contribution in [0.25, 0.3) is 0 Å². The predicted molar refractivity (Wildman–Crippen MR) is 52.5 cm³/mol. The van der Waals surface area contributed by atoms with E-state index in [9.17, 15) is 4.79 Å². The van der Waals surface area contributed by atoms with E-state index < -0.39 is 0 Å². The summed E-state index contributed by atoms with van der Waals surface area (Å²) in [6.45, 7) is 6.99. The fraction of sp³-hybridized carbons (Fsp3) is 0.889. The van der Waals surface area contributed by atoms with Gasteiger partial charge >= 0.3 is 6.09 Å². The lowest BCUT2D eigenvalue weighted by molar-refractivity contribution is 0.0798. The molecule has 2 N–H and O–H groups in total. The van der Waals surface area contributed by atoms with E-state index in [1.165, 1.54) is 7.11 Å². The highest BCUT2D eigenvalue weighted by atomic mass is 16.5. The highest BCUT2D eigenvalue weighted by Gasteiger charge is 2.29. The molecule has 4 heteroatoms. The second-order valence-electron chi connectivity index (χ2n) is 3.64. The van der Waals surface area contributed by atoms with Crippen LogP contribution in [-0.4, -0.2) is 36.7 Å². The van der Waals surface area contributed by atoms with Gasteiger partial charge in [-0.05, 0) is 20.3 Å². The third-order valence-electron chi connectivity index (χ3n) is 2.07. The van der Waals surface area contributed by atoms with Crippen LogP contribution in [0.5, 0.6) is 0 Å². The van der Waals surface area contributed by atoms with Gasteiger partial charge in [0.05, 0.1) is 12.6 Å². The highest BCUT2D eigenvalue weighted by molar-refractivity contribution is 5.68. The Bertz CT molecular complexity index is 169. The van der Waals surface area contributed by atoms with Crippen molar-refractivity contribution in [2.45, 2.75) is 32.7 Å². The van der Waals surface area contributed by atoms with Gasteiger partial charge in [0.2, 0.25) is 0 Å². The van der Waals surface area contributed by atoms with Crippen LogP contribution in [0.4, 0.5) is 4.79 Å². The summed E-state index contributed by atoms with van der Waals surface area (Å²) >= 11 is 0. The number of rotatable bonds is 4. The van der Waals surface area contributed by atoms with E-state index in [0.29, 0.717) is 13.1 Å². The molecule has 0 aromatic heterocycles. The molecule has 0 fully saturated rings. The first kappa shape index (κ1) is 12.2. The summed E-state index contributed by atoms with van der Waals surface area (Å²) in [5.41, 5.74) is 5.25. The lowest BCUT2D eigenvalue weighted by Crippen LogP contribution is -2.52. The molecule has 0 aliphatic carbocycles. The number of nitrogens with zero attached hydrogens (tertiary/aromatic N) is 1.